The number of amides is 1. The van der Waals surface area contributed by atoms with Crippen LogP contribution in [-0.2, 0) is 20.4 Å². The van der Waals surface area contributed by atoms with Crippen LogP contribution in [-0.4, -0.2) is 24.4 Å². The van der Waals surface area contributed by atoms with Crippen LogP contribution < -0.4 is 4.72 Å². The van der Waals surface area contributed by atoms with Crippen molar-refractivity contribution in [3.63, 3.8) is 0 Å². The summed E-state index contributed by atoms with van der Waals surface area (Å²) in [5, 5.41) is 9.64. The Morgan fingerprint density at radius 2 is 2.12 bits per heavy atom. The molecule has 0 saturated heterocycles. The van der Waals surface area contributed by atoms with Crippen LogP contribution >= 0.6 is 11.3 Å². The maximum absolute atomic E-state index is 11.5. The summed E-state index contributed by atoms with van der Waals surface area (Å²) in [6.07, 6.45) is 1.28. The van der Waals surface area contributed by atoms with Crippen molar-refractivity contribution in [2.75, 3.05) is 0 Å². The van der Waals surface area contributed by atoms with Crippen molar-refractivity contribution >= 4 is 27.3 Å². The van der Waals surface area contributed by atoms with Gasteiger partial charge >= 0.3 is 0 Å². The molecule has 0 aliphatic carbocycles. The zero-order chi connectivity index (χ0) is 12.6. The lowest BCUT2D eigenvalue weighted by atomic mass is 10.1. The van der Waals surface area contributed by atoms with Gasteiger partial charge in [-0.25, -0.2) is 9.71 Å². The van der Waals surface area contributed by atoms with Gasteiger partial charge in [-0.3, -0.25) is 4.79 Å². The minimum absolute atomic E-state index is 0.236. The molecule has 2 N–H and O–H groups in total. The second-order valence-corrected chi connectivity index (χ2v) is 6.60. The van der Waals surface area contributed by atoms with E-state index >= 15 is 0 Å². The monoisotopic (exact) mass is 264 g/mol. The number of thiazole rings is 1. The fraction of sp³-hybridized carbons (Fsp3) is 0.500. The number of carbonyl (C=O) groups excluding carboxylic acids is 1. The Kier molecular flexibility index (Phi) is 3.36. The van der Waals surface area contributed by atoms with E-state index in [0.717, 1.165) is 18.3 Å². The summed E-state index contributed by atoms with van der Waals surface area (Å²) >= 11 is 0.825. The summed E-state index contributed by atoms with van der Waals surface area (Å²) < 4.78 is 24.6. The maximum atomic E-state index is 11.5. The fourth-order valence-corrected chi connectivity index (χ4v) is 3.04. The molecule has 1 amide bonds. The van der Waals surface area contributed by atoms with Crippen LogP contribution in [0.5, 0.6) is 0 Å². The van der Waals surface area contributed by atoms with Gasteiger partial charge in [0.25, 0.3) is 10.0 Å². The average molecular weight is 264 g/mol. The highest BCUT2D eigenvalue weighted by Gasteiger charge is 2.25. The van der Waals surface area contributed by atoms with Crippen molar-refractivity contribution in [2.45, 2.75) is 30.7 Å². The molecular formula is C8H12N2O4S2. The van der Waals surface area contributed by atoms with Crippen molar-refractivity contribution < 1.29 is 18.3 Å². The predicted molar refractivity (Wildman–Crippen MR) is 58.4 cm³/mol. The van der Waals surface area contributed by atoms with E-state index in [0.29, 0.717) is 4.88 Å². The Morgan fingerprint density at radius 1 is 1.56 bits per heavy atom. The Labute approximate surface area is 97.4 Å². The quantitative estimate of drug-likeness (QED) is 0.812. The Hall–Kier alpha value is -0.990. The van der Waals surface area contributed by atoms with Crippen LogP contribution in [0.15, 0.2) is 10.5 Å². The van der Waals surface area contributed by atoms with E-state index in [1.165, 1.54) is 20.0 Å². The molecule has 0 saturated carbocycles. The van der Waals surface area contributed by atoms with Gasteiger partial charge in [0.2, 0.25) is 10.2 Å². The van der Waals surface area contributed by atoms with Crippen LogP contribution in [0.4, 0.5) is 0 Å². The lowest BCUT2D eigenvalue weighted by Crippen LogP contribution is -2.27. The molecule has 0 atom stereocenters. The highest BCUT2D eigenvalue weighted by atomic mass is 32.2. The van der Waals surface area contributed by atoms with Crippen LogP contribution in [0.2, 0.25) is 0 Å². The van der Waals surface area contributed by atoms with Gasteiger partial charge < -0.3 is 5.11 Å². The number of aliphatic hydroxyl groups is 1. The third-order valence-corrected chi connectivity index (χ3v) is 4.73. The molecule has 90 valence electrons. The molecule has 0 bridgehead atoms. The standard InChI is InChI=1S/C8H12N2O4S2/c1-5(11)10-16(13,14)7-9-4-6(15-7)8(2,3)12/h4,12H,1-3H3,(H,10,11). The lowest BCUT2D eigenvalue weighted by Gasteiger charge is -2.12. The third kappa shape index (κ3) is 3.00. The van der Waals surface area contributed by atoms with Gasteiger partial charge in [0.05, 0.1) is 10.5 Å². The summed E-state index contributed by atoms with van der Waals surface area (Å²) in [7, 11) is -3.90. The number of hydrogen-bond donors (Lipinski definition) is 2. The summed E-state index contributed by atoms with van der Waals surface area (Å²) in [5.74, 6) is -0.681. The van der Waals surface area contributed by atoms with E-state index in [1.54, 1.807) is 4.72 Å². The smallest absolute Gasteiger partial charge is 0.291 e. The highest BCUT2D eigenvalue weighted by Crippen LogP contribution is 2.27. The number of nitrogens with one attached hydrogen (secondary N) is 1. The van der Waals surface area contributed by atoms with Crippen molar-refractivity contribution in [1.29, 1.82) is 0 Å². The Balaban J connectivity index is 3.08. The van der Waals surface area contributed by atoms with Crippen molar-refractivity contribution in [3.8, 4) is 0 Å². The second-order valence-electron chi connectivity index (χ2n) is 3.71. The largest absolute Gasteiger partial charge is 0.385 e. The summed E-state index contributed by atoms with van der Waals surface area (Å²) in [4.78, 5) is 14.8. The molecule has 8 heteroatoms. The number of carbonyl (C=O) groups is 1. The zero-order valence-electron chi connectivity index (χ0n) is 9.01. The third-order valence-electron chi connectivity index (χ3n) is 1.60. The highest BCUT2D eigenvalue weighted by molar-refractivity contribution is 7.92. The van der Waals surface area contributed by atoms with Gasteiger partial charge in [-0.15, -0.1) is 11.3 Å². The zero-order valence-corrected chi connectivity index (χ0v) is 10.6. The normalized spacial score (nSPS) is 12.5. The average Bonchev–Trinajstić information content (AvgIpc) is 2.47. The molecule has 0 spiro atoms. The Bertz CT molecular complexity index is 498. The van der Waals surface area contributed by atoms with Crippen LogP contribution in [0.3, 0.4) is 0 Å². The van der Waals surface area contributed by atoms with Gasteiger partial charge in [0, 0.05) is 13.1 Å². The van der Waals surface area contributed by atoms with Gasteiger partial charge in [0.15, 0.2) is 0 Å². The van der Waals surface area contributed by atoms with E-state index in [4.69, 9.17) is 0 Å². The molecule has 6 nitrogen and oxygen atoms in total. The van der Waals surface area contributed by atoms with Crippen molar-refractivity contribution in [2.24, 2.45) is 0 Å². The Morgan fingerprint density at radius 3 is 2.50 bits per heavy atom. The first-order valence-corrected chi connectivity index (χ1v) is 6.65. The first-order chi connectivity index (χ1) is 7.13. The van der Waals surface area contributed by atoms with Crippen LogP contribution in [0, 0.1) is 0 Å². The molecule has 1 rings (SSSR count). The lowest BCUT2D eigenvalue weighted by molar-refractivity contribution is -0.117. The number of nitrogens with zero attached hydrogens (tertiary/aromatic N) is 1. The van der Waals surface area contributed by atoms with Crippen LogP contribution in [0.25, 0.3) is 0 Å². The van der Waals surface area contributed by atoms with Gasteiger partial charge in [-0.05, 0) is 13.8 Å². The molecule has 1 aromatic rings. The number of aromatic nitrogens is 1. The topological polar surface area (TPSA) is 96.4 Å². The number of hydrogen-bond acceptors (Lipinski definition) is 6. The van der Waals surface area contributed by atoms with Crippen LogP contribution in [0.1, 0.15) is 25.6 Å². The van der Waals surface area contributed by atoms with E-state index in [-0.39, 0.29) is 4.34 Å². The van der Waals surface area contributed by atoms with E-state index in [9.17, 15) is 18.3 Å². The molecule has 1 aromatic heterocycles. The molecular weight excluding hydrogens is 252 g/mol. The van der Waals surface area contributed by atoms with Crippen molar-refractivity contribution in [3.05, 3.63) is 11.1 Å². The number of rotatable bonds is 3. The van der Waals surface area contributed by atoms with Crippen molar-refractivity contribution in [1.82, 2.24) is 9.71 Å². The minimum Gasteiger partial charge on any atom is -0.385 e. The minimum atomic E-state index is -3.90. The molecule has 0 aliphatic heterocycles. The fourth-order valence-electron chi connectivity index (χ4n) is 0.898. The van der Waals surface area contributed by atoms with Gasteiger partial charge in [-0.2, -0.15) is 8.42 Å². The van der Waals surface area contributed by atoms with E-state index in [1.807, 2.05) is 0 Å². The molecule has 0 fully saturated rings. The molecule has 1 heterocycles. The van der Waals surface area contributed by atoms with E-state index in [2.05, 4.69) is 4.98 Å². The first kappa shape index (κ1) is 13.1. The molecule has 0 radical (unpaired) electrons. The number of sulfonamides is 1. The summed E-state index contributed by atoms with van der Waals surface area (Å²) in [5.41, 5.74) is -1.15. The SMILES string of the molecule is CC(=O)NS(=O)(=O)c1ncc(C(C)(C)O)s1. The summed E-state index contributed by atoms with van der Waals surface area (Å²) in [6, 6.07) is 0. The second kappa shape index (κ2) is 4.11. The molecule has 0 unspecified atom stereocenters. The molecule has 16 heavy (non-hydrogen) atoms. The summed E-state index contributed by atoms with van der Waals surface area (Å²) in [6.45, 7) is 4.15. The maximum Gasteiger partial charge on any atom is 0.291 e. The predicted octanol–water partition coefficient (Wildman–Crippen LogP) is 0.195. The molecule has 0 aromatic carbocycles. The molecule has 0 aliphatic rings. The van der Waals surface area contributed by atoms with Gasteiger partial charge in [0.1, 0.15) is 0 Å². The first-order valence-electron chi connectivity index (χ1n) is 4.35. The van der Waals surface area contributed by atoms with E-state index < -0.39 is 21.5 Å². The van der Waals surface area contributed by atoms with Gasteiger partial charge in [-0.1, -0.05) is 0 Å².